The normalized spacial score (nSPS) is 11.2. The summed E-state index contributed by atoms with van der Waals surface area (Å²) in [6.45, 7) is 5.74. The van der Waals surface area contributed by atoms with E-state index in [2.05, 4.69) is 25.2 Å². The highest BCUT2D eigenvalue weighted by molar-refractivity contribution is 7.92. The Balaban J connectivity index is 1.45. The molecule has 4 rings (SSSR count). The van der Waals surface area contributed by atoms with Gasteiger partial charge in [0.2, 0.25) is 5.95 Å². The molecule has 10 heteroatoms. The maximum absolute atomic E-state index is 12.6. The second-order valence-corrected chi connectivity index (χ2v) is 9.16. The number of sulfonamides is 1. The molecule has 0 radical (unpaired) electrons. The van der Waals surface area contributed by atoms with E-state index in [-0.39, 0.29) is 16.5 Å². The molecule has 0 spiro atoms. The molecule has 1 amide bonds. The third-order valence-corrected chi connectivity index (χ3v) is 6.32. The van der Waals surface area contributed by atoms with Gasteiger partial charge in [-0.25, -0.2) is 23.1 Å². The first-order chi connectivity index (χ1) is 15.7. The van der Waals surface area contributed by atoms with Gasteiger partial charge >= 0.3 is 0 Å². The van der Waals surface area contributed by atoms with Gasteiger partial charge < -0.3 is 9.84 Å². The van der Waals surface area contributed by atoms with Gasteiger partial charge in [-0.1, -0.05) is 17.3 Å². The minimum Gasteiger partial charge on any atom is -0.355 e. The van der Waals surface area contributed by atoms with Gasteiger partial charge in [0, 0.05) is 29.2 Å². The molecule has 2 aromatic carbocycles. The number of nitrogens with zero attached hydrogens (tertiary/aromatic N) is 3. The van der Waals surface area contributed by atoms with E-state index in [0.717, 1.165) is 16.7 Å². The van der Waals surface area contributed by atoms with Crippen molar-refractivity contribution in [2.75, 3.05) is 10.0 Å². The summed E-state index contributed by atoms with van der Waals surface area (Å²) in [5, 5.41) is 6.52. The van der Waals surface area contributed by atoms with Crippen molar-refractivity contribution in [1.29, 1.82) is 0 Å². The maximum Gasteiger partial charge on any atom is 0.277 e. The molecule has 2 aromatic heterocycles. The number of hydrogen-bond acceptors (Lipinski definition) is 7. The summed E-state index contributed by atoms with van der Waals surface area (Å²) in [7, 11) is -3.88. The molecule has 168 valence electrons. The molecule has 0 saturated carbocycles. The Labute approximate surface area is 190 Å². The van der Waals surface area contributed by atoms with E-state index < -0.39 is 15.9 Å². The molecule has 0 aliphatic heterocycles. The average molecular weight is 464 g/mol. The molecule has 0 unspecified atom stereocenters. The predicted molar refractivity (Wildman–Crippen MR) is 123 cm³/mol. The first kappa shape index (κ1) is 22.2. The summed E-state index contributed by atoms with van der Waals surface area (Å²) < 4.78 is 32.7. The average Bonchev–Trinajstić information content (AvgIpc) is 3.26. The van der Waals surface area contributed by atoms with Gasteiger partial charge in [-0.05, 0) is 68.3 Å². The molecular formula is C23H21N5O4S. The molecule has 0 fully saturated rings. The number of aromatic nitrogens is 3. The highest BCUT2D eigenvalue weighted by Crippen LogP contribution is 2.24. The van der Waals surface area contributed by atoms with E-state index in [1.54, 1.807) is 19.1 Å². The van der Waals surface area contributed by atoms with Crippen LogP contribution in [0.25, 0.3) is 11.3 Å². The van der Waals surface area contributed by atoms with Crippen LogP contribution in [-0.4, -0.2) is 29.4 Å². The molecule has 0 bridgehead atoms. The number of hydrogen-bond donors (Lipinski definition) is 2. The van der Waals surface area contributed by atoms with Crippen molar-refractivity contribution in [3.05, 3.63) is 83.3 Å². The quantitative estimate of drug-likeness (QED) is 0.440. The first-order valence-electron chi connectivity index (χ1n) is 9.99. The van der Waals surface area contributed by atoms with E-state index in [1.807, 2.05) is 32.0 Å². The van der Waals surface area contributed by atoms with Gasteiger partial charge in [0.15, 0.2) is 11.5 Å². The Morgan fingerprint density at radius 1 is 0.939 bits per heavy atom. The Kier molecular flexibility index (Phi) is 5.93. The van der Waals surface area contributed by atoms with Crippen LogP contribution in [0.3, 0.4) is 0 Å². The van der Waals surface area contributed by atoms with E-state index in [0.29, 0.717) is 17.1 Å². The van der Waals surface area contributed by atoms with Gasteiger partial charge in [-0.2, -0.15) is 0 Å². The molecule has 4 aromatic rings. The fraction of sp³-hybridized carbons (Fsp3) is 0.130. The number of rotatable bonds is 6. The van der Waals surface area contributed by atoms with Crippen molar-refractivity contribution < 1.29 is 17.7 Å². The zero-order valence-electron chi connectivity index (χ0n) is 18.2. The fourth-order valence-electron chi connectivity index (χ4n) is 3.00. The molecule has 0 aliphatic carbocycles. The summed E-state index contributed by atoms with van der Waals surface area (Å²) >= 11 is 0. The number of nitrogens with one attached hydrogen (secondary N) is 2. The third-order valence-electron chi connectivity index (χ3n) is 4.98. The minimum atomic E-state index is -3.88. The Bertz CT molecular complexity index is 1430. The standard InChI is InChI=1S/C23H21N5O4S/c1-14-4-5-17(12-15(14)2)21-13-20(27-32-21)22(29)26-18-6-8-19(9-7-18)33(30,31)28-23-24-11-10-16(3)25-23/h4-13H,1-3H3,(H,26,29)(H,24,25,28). The lowest BCUT2D eigenvalue weighted by atomic mass is 10.0. The van der Waals surface area contributed by atoms with Crippen molar-refractivity contribution >= 4 is 27.6 Å². The summed E-state index contributed by atoms with van der Waals surface area (Å²) in [5.41, 5.74) is 4.23. The van der Waals surface area contributed by atoms with Crippen LogP contribution in [0.15, 0.2) is 70.2 Å². The SMILES string of the molecule is Cc1ccnc(NS(=O)(=O)c2ccc(NC(=O)c3cc(-c4ccc(C)c(C)c4)on3)cc2)n1. The van der Waals surface area contributed by atoms with Crippen LogP contribution < -0.4 is 10.0 Å². The van der Waals surface area contributed by atoms with E-state index >= 15 is 0 Å². The second kappa shape index (κ2) is 8.83. The number of carbonyl (C=O) groups excluding carboxylic acids is 1. The highest BCUT2D eigenvalue weighted by atomic mass is 32.2. The van der Waals surface area contributed by atoms with Gasteiger partial charge in [-0.3, -0.25) is 4.79 Å². The number of carbonyl (C=O) groups is 1. The number of anilines is 2. The van der Waals surface area contributed by atoms with Crippen molar-refractivity contribution in [3.8, 4) is 11.3 Å². The molecular weight excluding hydrogens is 442 g/mol. The topological polar surface area (TPSA) is 127 Å². The number of aryl methyl sites for hydroxylation is 3. The van der Waals surface area contributed by atoms with Crippen LogP contribution in [0, 0.1) is 20.8 Å². The lowest BCUT2D eigenvalue weighted by Gasteiger charge is -2.08. The van der Waals surface area contributed by atoms with E-state index in [9.17, 15) is 13.2 Å². The Morgan fingerprint density at radius 2 is 1.70 bits per heavy atom. The summed E-state index contributed by atoms with van der Waals surface area (Å²) in [5.74, 6) is -0.0113. The van der Waals surface area contributed by atoms with Gasteiger partial charge in [-0.15, -0.1) is 0 Å². The van der Waals surface area contributed by atoms with Crippen LogP contribution in [0.1, 0.15) is 27.3 Å². The molecule has 0 atom stereocenters. The number of amides is 1. The molecule has 9 nitrogen and oxygen atoms in total. The zero-order chi connectivity index (χ0) is 23.6. The summed E-state index contributed by atoms with van der Waals surface area (Å²) in [6, 6.07) is 14.8. The fourth-order valence-corrected chi connectivity index (χ4v) is 3.95. The van der Waals surface area contributed by atoms with Gasteiger partial charge in [0.25, 0.3) is 15.9 Å². The monoisotopic (exact) mass is 463 g/mol. The van der Waals surface area contributed by atoms with E-state index in [1.165, 1.54) is 30.5 Å². The van der Waals surface area contributed by atoms with Crippen molar-refractivity contribution in [1.82, 2.24) is 15.1 Å². The maximum atomic E-state index is 12.6. The third kappa shape index (κ3) is 5.07. The van der Waals surface area contributed by atoms with E-state index in [4.69, 9.17) is 4.52 Å². The summed E-state index contributed by atoms with van der Waals surface area (Å²) in [6.07, 6.45) is 1.47. The largest absolute Gasteiger partial charge is 0.355 e. The number of benzene rings is 2. The van der Waals surface area contributed by atoms with Crippen LogP contribution in [-0.2, 0) is 10.0 Å². The van der Waals surface area contributed by atoms with Crippen LogP contribution >= 0.6 is 0 Å². The van der Waals surface area contributed by atoms with Crippen molar-refractivity contribution in [3.63, 3.8) is 0 Å². The molecule has 33 heavy (non-hydrogen) atoms. The Morgan fingerprint density at radius 3 is 2.39 bits per heavy atom. The van der Waals surface area contributed by atoms with Crippen molar-refractivity contribution in [2.24, 2.45) is 0 Å². The van der Waals surface area contributed by atoms with Crippen LogP contribution in [0.2, 0.25) is 0 Å². The van der Waals surface area contributed by atoms with Crippen LogP contribution in [0.4, 0.5) is 11.6 Å². The smallest absolute Gasteiger partial charge is 0.277 e. The minimum absolute atomic E-state index is 0.00377. The second-order valence-electron chi connectivity index (χ2n) is 7.48. The molecule has 2 heterocycles. The molecule has 2 N–H and O–H groups in total. The molecule has 0 saturated heterocycles. The molecule has 0 aliphatic rings. The lowest BCUT2D eigenvalue weighted by molar-refractivity contribution is 0.101. The first-order valence-corrected chi connectivity index (χ1v) is 11.5. The predicted octanol–water partition coefficient (Wildman–Crippen LogP) is 4.11. The lowest BCUT2D eigenvalue weighted by Crippen LogP contribution is -2.16. The Hall–Kier alpha value is -4.05. The van der Waals surface area contributed by atoms with Crippen molar-refractivity contribution in [2.45, 2.75) is 25.7 Å². The van der Waals surface area contributed by atoms with Gasteiger partial charge in [0.1, 0.15) is 0 Å². The zero-order valence-corrected chi connectivity index (χ0v) is 19.0. The summed E-state index contributed by atoms with van der Waals surface area (Å²) in [4.78, 5) is 20.5. The van der Waals surface area contributed by atoms with Gasteiger partial charge in [0.05, 0.1) is 4.90 Å². The highest BCUT2D eigenvalue weighted by Gasteiger charge is 2.17. The van der Waals surface area contributed by atoms with Crippen LogP contribution in [0.5, 0.6) is 0 Å².